The second kappa shape index (κ2) is 5.79. The highest BCUT2D eigenvalue weighted by Gasteiger charge is 2.14. The zero-order chi connectivity index (χ0) is 14.0. The SMILES string of the molecule is CC(=O)N(C)c1cc(Cl)c(NC2=NCCN2)c(Br)c1. The van der Waals surface area contributed by atoms with Gasteiger partial charge in [-0.25, -0.2) is 0 Å². The van der Waals surface area contributed by atoms with Gasteiger partial charge in [-0.3, -0.25) is 9.79 Å². The maximum atomic E-state index is 11.4. The topological polar surface area (TPSA) is 56.7 Å². The first-order chi connectivity index (χ1) is 8.99. The zero-order valence-corrected chi connectivity index (χ0v) is 13.0. The molecular weight excluding hydrogens is 332 g/mol. The first-order valence-electron chi connectivity index (χ1n) is 5.77. The molecule has 0 spiro atoms. The molecule has 1 aromatic rings. The Morgan fingerprint density at radius 2 is 2.32 bits per heavy atom. The predicted octanol–water partition coefficient (Wildman–Crippen LogP) is 2.46. The maximum absolute atomic E-state index is 11.4. The summed E-state index contributed by atoms with van der Waals surface area (Å²) >= 11 is 9.70. The average Bonchev–Trinajstić information content (AvgIpc) is 2.85. The van der Waals surface area contributed by atoms with Crippen LogP contribution in [-0.2, 0) is 4.79 Å². The molecule has 2 rings (SSSR count). The smallest absolute Gasteiger partial charge is 0.223 e. The summed E-state index contributed by atoms with van der Waals surface area (Å²) in [6.07, 6.45) is 0. The molecule has 0 saturated heterocycles. The highest BCUT2D eigenvalue weighted by Crippen LogP contribution is 2.35. The molecule has 7 heteroatoms. The molecule has 0 bridgehead atoms. The number of benzene rings is 1. The number of carbonyl (C=O) groups is 1. The standard InChI is InChI=1S/C12H14BrClN4O/c1-7(19)18(2)8-5-9(13)11(10(14)6-8)17-12-15-3-4-16-12/h5-6H,3-4H2,1-2H3,(H2,15,16,17). The van der Waals surface area contributed by atoms with Gasteiger partial charge in [-0.2, -0.15) is 0 Å². The van der Waals surface area contributed by atoms with Crippen molar-refractivity contribution >= 4 is 50.8 Å². The summed E-state index contributed by atoms with van der Waals surface area (Å²) < 4.78 is 0.777. The lowest BCUT2D eigenvalue weighted by molar-refractivity contribution is -0.116. The largest absolute Gasteiger partial charge is 0.354 e. The van der Waals surface area contributed by atoms with Crippen molar-refractivity contribution in [2.24, 2.45) is 4.99 Å². The minimum Gasteiger partial charge on any atom is -0.354 e. The van der Waals surface area contributed by atoms with Gasteiger partial charge in [0.05, 0.1) is 17.3 Å². The second-order valence-electron chi connectivity index (χ2n) is 4.14. The highest BCUT2D eigenvalue weighted by molar-refractivity contribution is 9.10. The van der Waals surface area contributed by atoms with Crippen LogP contribution in [0.1, 0.15) is 6.92 Å². The van der Waals surface area contributed by atoms with Crippen molar-refractivity contribution in [1.82, 2.24) is 5.32 Å². The molecule has 0 saturated carbocycles. The Hall–Kier alpha value is -1.27. The van der Waals surface area contributed by atoms with E-state index in [0.29, 0.717) is 11.0 Å². The Morgan fingerprint density at radius 1 is 1.58 bits per heavy atom. The number of nitrogens with one attached hydrogen (secondary N) is 2. The van der Waals surface area contributed by atoms with Crippen LogP contribution in [0.2, 0.25) is 5.02 Å². The van der Waals surface area contributed by atoms with Crippen molar-refractivity contribution < 1.29 is 4.79 Å². The summed E-state index contributed by atoms with van der Waals surface area (Å²) in [6.45, 7) is 3.08. The number of halogens is 2. The molecule has 5 nitrogen and oxygen atoms in total. The summed E-state index contributed by atoms with van der Waals surface area (Å²) in [6, 6.07) is 3.58. The van der Waals surface area contributed by atoms with E-state index < -0.39 is 0 Å². The third-order valence-corrected chi connectivity index (χ3v) is 3.73. The van der Waals surface area contributed by atoms with E-state index in [1.54, 1.807) is 13.1 Å². The monoisotopic (exact) mass is 344 g/mol. The van der Waals surface area contributed by atoms with Gasteiger partial charge in [-0.15, -0.1) is 0 Å². The van der Waals surface area contributed by atoms with Crippen LogP contribution in [-0.4, -0.2) is 32.0 Å². The lowest BCUT2D eigenvalue weighted by Gasteiger charge is -2.18. The number of rotatable bonds is 2. The van der Waals surface area contributed by atoms with Gasteiger partial charge in [0.1, 0.15) is 0 Å². The quantitative estimate of drug-likeness (QED) is 0.866. The molecule has 0 fully saturated rings. The van der Waals surface area contributed by atoms with Crippen molar-refractivity contribution in [3.8, 4) is 0 Å². The maximum Gasteiger partial charge on any atom is 0.223 e. The van der Waals surface area contributed by atoms with E-state index in [1.165, 1.54) is 11.8 Å². The molecule has 1 aliphatic heterocycles. The van der Waals surface area contributed by atoms with Crippen LogP contribution in [0.25, 0.3) is 0 Å². The third-order valence-electron chi connectivity index (χ3n) is 2.80. The first-order valence-corrected chi connectivity index (χ1v) is 6.95. The predicted molar refractivity (Wildman–Crippen MR) is 82.2 cm³/mol. The van der Waals surface area contributed by atoms with Gasteiger partial charge in [-0.1, -0.05) is 11.6 Å². The molecule has 1 heterocycles. The van der Waals surface area contributed by atoms with E-state index in [9.17, 15) is 4.79 Å². The van der Waals surface area contributed by atoms with E-state index in [0.717, 1.165) is 28.9 Å². The van der Waals surface area contributed by atoms with Gasteiger partial charge in [0.2, 0.25) is 5.91 Å². The Balaban J connectivity index is 2.29. The Bertz CT molecular complexity index is 524. The van der Waals surface area contributed by atoms with E-state index in [1.807, 2.05) is 6.07 Å². The van der Waals surface area contributed by atoms with E-state index in [-0.39, 0.29) is 5.91 Å². The number of amides is 1. The highest BCUT2D eigenvalue weighted by atomic mass is 79.9. The van der Waals surface area contributed by atoms with E-state index >= 15 is 0 Å². The van der Waals surface area contributed by atoms with Crippen molar-refractivity contribution in [1.29, 1.82) is 0 Å². The zero-order valence-electron chi connectivity index (χ0n) is 10.6. The molecule has 0 radical (unpaired) electrons. The summed E-state index contributed by atoms with van der Waals surface area (Å²) in [5.41, 5.74) is 1.46. The van der Waals surface area contributed by atoms with Crippen molar-refractivity contribution in [3.63, 3.8) is 0 Å². The first kappa shape index (κ1) is 14.1. The van der Waals surface area contributed by atoms with Gasteiger partial charge in [-0.05, 0) is 28.1 Å². The molecule has 2 N–H and O–H groups in total. The van der Waals surface area contributed by atoms with Gasteiger partial charge in [0.25, 0.3) is 0 Å². The van der Waals surface area contributed by atoms with E-state index in [2.05, 4.69) is 31.6 Å². The van der Waals surface area contributed by atoms with Gasteiger partial charge in [0, 0.05) is 30.7 Å². The third kappa shape index (κ3) is 3.19. The normalized spacial score (nSPS) is 13.8. The Morgan fingerprint density at radius 3 is 2.84 bits per heavy atom. The van der Waals surface area contributed by atoms with Crippen LogP contribution in [0.4, 0.5) is 11.4 Å². The molecule has 0 aromatic heterocycles. The van der Waals surface area contributed by atoms with Crippen LogP contribution in [0.5, 0.6) is 0 Å². The minimum absolute atomic E-state index is 0.0505. The van der Waals surface area contributed by atoms with Crippen LogP contribution in [0.15, 0.2) is 21.6 Å². The van der Waals surface area contributed by atoms with Gasteiger partial charge < -0.3 is 15.5 Å². The number of guanidine groups is 1. The number of nitrogens with zero attached hydrogens (tertiary/aromatic N) is 2. The molecule has 102 valence electrons. The molecular formula is C12H14BrClN4O. The molecule has 1 aromatic carbocycles. The number of aliphatic imine (C=N–C) groups is 1. The van der Waals surface area contributed by atoms with Crippen LogP contribution >= 0.6 is 27.5 Å². The lowest BCUT2D eigenvalue weighted by Crippen LogP contribution is -2.27. The van der Waals surface area contributed by atoms with Crippen molar-refractivity contribution in [2.75, 3.05) is 30.4 Å². The summed E-state index contributed by atoms with van der Waals surface area (Å²) in [5.74, 6) is 0.654. The summed E-state index contributed by atoms with van der Waals surface area (Å²) in [5, 5.41) is 6.76. The van der Waals surface area contributed by atoms with Crippen LogP contribution in [0, 0.1) is 0 Å². The molecule has 0 aliphatic carbocycles. The molecule has 1 amide bonds. The molecule has 1 aliphatic rings. The fraction of sp³-hybridized carbons (Fsp3) is 0.333. The molecule has 0 atom stereocenters. The summed E-state index contributed by atoms with van der Waals surface area (Å²) in [7, 11) is 1.70. The number of anilines is 2. The van der Waals surface area contributed by atoms with Crippen LogP contribution in [0.3, 0.4) is 0 Å². The average molecular weight is 346 g/mol. The second-order valence-corrected chi connectivity index (χ2v) is 5.41. The Labute approximate surface area is 125 Å². The fourth-order valence-corrected chi connectivity index (χ4v) is 2.58. The number of hydrogen-bond donors (Lipinski definition) is 2. The van der Waals surface area contributed by atoms with Crippen molar-refractivity contribution in [2.45, 2.75) is 6.92 Å². The van der Waals surface area contributed by atoms with Crippen LogP contribution < -0.4 is 15.5 Å². The minimum atomic E-state index is -0.0505. The van der Waals surface area contributed by atoms with Gasteiger partial charge in [0.15, 0.2) is 5.96 Å². The lowest BCUT2D eigenvalue weighted by atomic mass is 10.2. The number of hydrogen-bond acceptors (Lipinski definition) is 4. The molecule has 0 unspecified atom stereocenters. The number of carbonyl (C=O) groups excluding carboxylic acids is 1. The fourth-order valence-electron chi connectivity index (χ4n) is 1.65. The van der Waals surface area contributed by atoms with Gasteiger partial charge >= 0.3 is 0 Å². The Kier molecular flexibility index (Phi) is 4.31. The molecule has 19 heavy (non-hydrogen) atoms. The van der Waals surface area contributed by atoms with E-state index in [4.69, 9.17) is 11.6 Å². The summed E-state index contributed by atoms with van der Waals surface area (Å²) in [4.78, 5) is 17.1. The van der Waals surface area contributed by atoms with Crippen molar-refractivity contribution in [3.05, 3.63) is 21.6 Å².